The zero-order valence-corrected chi connectivity index (χ0v) is 15.7. The first-order valence-corrected chi connectivity index (χ1v) is 8.69. The van der Waals surface area contributed by atoms with Crippen molar-refractivity contribution in [3.05, 3.63) is 36.2 Å². The number of carbonyl (C=O) groups excluding carboxylic acids is 1. The van der Waals surface area contributed by atoms with Gasteiger partial charge in [-0.2, -0.15) is 0 Å². The number of rotatable bonds is 6. The molecule has 1 fully saturated rings. The lowest BCUT2D eigenvalue weighted by molar-refractivity contribution is 0.0516. The summed E-state index contributed by atoms with van der Waals surface area (Å²) in [4.78, 5) is 23.1. The van der Waals surface area contributed by atoms with Crippen molar-refractivity contribution in [2.45, 2.75) is 18.9 Å². The Labute approximate surface area is 158 Å². The van der Waals surface area contributed by atoms with Crippen LogP contribution in [0.2, 0.25) is 0 Å². The SMILES string of the molecule is COc1cccc(C(=O)N2CCCC(Oc3nccnc3OC)C2)c1OC. The van der Waals surface area contributed by atoms with E-state index in [0.29, 0.717) is 41.9 Å². The molecular weight excluding hydrogens is 350 g/mol. The van der Waals surface area contributed by atoms with E-state index in [2.05, 4.69) is 9.97 Å². The lowest BCUT2D eigenvalue weighted by Crippen LogP contribution is -2.44. The van der Waals surface area contributed by atoms with Gasteiger partial charge in [-0.3, -0.25) is 4.79 Å². The van der Waals surface area contributed by atoms with E-state index in [1.807, 2.05) is 0 Å². The second-order valence-electron chi connectivity index (χ2n) is 6.05. The molecule has 8 nitrogen and oxygen atoms in total. The quantitative estimate of drug-likeness (QED) is 0.767. The Morgan fingerprint density at radius 3 is 2.56 bits per heavy atom. The van der Waals surface area contributed by atoms with Gasteiger partial charge in [-0.1, -0.05) is 6.07 Å². The Morgan fingerprint density at radius 1 is 1.07 bits per heavy atom. The van der Waals surface area contributed by atoms with Crippen LogP contribution >= 0.6 is 0 Å². The van der Waals surface area contributed by atoms with Crippen LogP contribution in [-0.2, 0) is 0 Å². The summed E-state index contributed by atoms with van der Waals surface area (Å²) in [5.41, 5.74) is 0.467. The molecule has 2 heterocycles. The fraction of sp³-hybridized carbons (Fsp3) is 0.421. The van der Waals surface area contributed by atoms with Gasteiger partial charge in [-0.25, -0.2) is 9.97 Å². The first kappa shape index (κ1) is 18.8. The van der Waals surface area contributed by atoms with Gasteiger partial charge in [-0.05, 0) is 25.0 Å². The highest BCUT2D eigenvalue weighted by atomic mass is 16.5. The minimum Gasteiger partial charge on any atom is -0.493 e. The maximum atomic E-state index is 13.1. The molecule has 1 aliphatic heterocycles. The standard InChI is InChI=1S/C19H23N3O5/c1-24-15-8-4-7-14(16(15)25-2)19(23)22-11-5-6-13(12-22)27-18-17(26-3)20-9-10-21-18/h4,7-10,13H,5-6,11-12H2,1-3H3. The van der Waals surface area contributed by atoms with Crippen molar-refractivity contribution in [3.8, 4) is 23.3 Å². The Morgan fingerprint density at radius 2 is 1.85 bits per heavy atom. The highest BCUT2D eigenvalue weighted by Crippen LogP contribution is 2.32. The third kappa shape index (κ3) is 4.05. The molecule has 0 N–H and O–H groups in total. The molecule has 0 radical (unpaired) electrons. The van der Waals surface area contributed by atoms with E-state index in [-0.39, 0.29) is 12.0 Å². The van der Waals surface area contributed by atoms with Gasteiger partial charge in [0.25, 0.3) is 17.7 Å². The van der Waals surface area contributed by atoms with Crippen LogP contribution in [0.15, 0.2) is 30.6 Å². The molecule has 1 saturated heterocycles. The molecule has 2 aromatic rings. The summed E-state index contributed by atoms with van der Waals surface area (Å²) in [6.45, 7) is 1.09. The summed E-state index contributed by atoms with van der Waals surface area (Å²) in [7, 11) is 4.59. The molecule has 1 atom stereocenters. The highest BCUT2D eigenvalue weighted by Gasteiger charge is 2.29. The van der Waals surface area contributed by atoms with Gasteiger partial charge in [0.2, 0.25) is 0 Å². The van der Waals surface area contributed by atoms with Crippen LogP contribution < -0.4 is 18.9 Å². The fourth-order valence-electron chi connectivity index (χ4n) is 3.14. The van der Waals surface area contributed by atoms with E-state index >= 15 is 0 Å². The van der Waals surface area contributed by atoms with Crippen molar-refractivity contribution >= 4 is 5.91 Å². The minimum atomic E-state index is -0.190. The number of nitrogens with zero attached hydrogens (tertiary/aromatic N) is 3. The number of hydrogen-bond donors (Lipinski definition) is 0. The highest BCUT2D eigenvalue weighted by molar-refractivity contribution is 5.98. The number of amides is 1. The van der Waals surface area contributed by atoms with Crippen molar-refractivity contribution in [3.63, 3.8) is 0 Å². The second kappa shape index (κ2) is 8.57. The Kier molecular flexibility index (Phi) is 5.95. The van der Waals surface area contributed by atoms with Crippen LogP contribution in [0.4, 0.5) is 0 Å². The van der Waals surface area contributed by atoms with E-state index < -0.39 is 0 Å². The zero-order valence-electron chi connectivity index (χ0n) is 15.7. The van der Waals surface area contributed by atoms with E-state index in [0.717, 1.165) is 12.8 Å². The number of benzene rings is 1. The second-order valence-corrected chi connectivity index (χ2v) is 6.05. The van der Waals surface area contributed by atoms with E-state index in [1.54, 1.807) is 36.4 Å². The van der Waals surface area contributed by atoms with Crippen LogP contribution in [0.25, 0.3) is 0 Å². The number of hydrogen-bond acceptors (Lipinski definition) is 7. The predicted octanol–water partition coefficient (Wildman–Crippen LogP) is 2.19. The summed E-state index contributed by atoms with van der Waals surface area (Å²) in [5.74, 6) is 1.50. The van der Waals surface area contributed by atoms with Crippen LogP contribution in [-0.4, -0.2) is 61.3 Å². The summed E-state index contributed by atoms with van der Waals surface area (Å²) in [6.07, 6.45) is 4.54. The largest absolute Gasteiger partial charge is 0.493 e. The fourth-order valence-corrected chi connectivity index (χ4v) is 3.14. The van der Waals surface area contributed by atoms with Crippen molar-refractivity contribution in [1.82, 2.24) is 14.9 Å². The molecule has 27 heavy (non-hydrogen) atoms. The van der Waals surface area contributed by atoms with Gasteiger partial charge >= 0.3 is 0 Å². The van der Waals surface area contributed by atoms with Gasteiger partial charge in [0.1, 0.15) is 6.10 Å². The summed E-state index contributed by atoms with van der Waals surface area (Å²) in [5, 5.41) is 0. The zero-order chi connectivity index (χ0) is 19.2. The number of carbonyl (C=O) groups is 1. The summed E-state index contributed by atoms with van der Waals surface area (Å²) in [6, 6.07) is 5.27. The van der Waals surface area contributed by atoms with Crippen LogP contribution in [0, 0.1) is 0 Å². The third-order valence-corrected chi connectivity index (χ3v) is 4.40. The van der Waals surface area contributed by atoms with E-state index in [1.165, 1.54) is 20.4 Å². The number of aromatic nitrogens is 2. The van der Waals surface area contributed by atoms with Gasteiger partial charge in [0, 0.05) is 18.9 Å². The van der Waals surface area contributed by atoms with Crippen LogP contribution in [0.3, 0.4) is 0 Å². The van der Waals surface area contributed by atoms with Crippen molar-refractivity contribution in [2.24, 2.45) is 0 Å². The number of para-hydroxylation sites is 1. The van der Waals surface area contributed by atoms with Gasteiger partial charge in [-0.15, -0.1) is 0 Å². The lowest BCUT2D eigenvalue weighted by Gasteiger charge is -2.33. The maximum absolute atomic E-state index is 13.1. The first-order chi connectivity index (χ1) is 13.2. The first-order valence-electron chi connectivity index (χ1n) is 8.69. The minimum absolute atomic E-state index is 0.120. The molecule has 1 amide bonds. The third-order valence-electron chi connectivity index (χ3n) is 4.40. The lowest BCUT2D eigenvalue weighted by atomic mass is 10.1. The molecular formula is C19H23N3O5. The van der Waals surface area contributed by atoms with Crippen molar-refractivity contribution in [1.29, 1.82) is 0 Å². The summed E-state index contributed by atoms with van der Waals surface area (Å²) >= 11 is 0. The Balaban J connectivity index is 1.75. The molecule has 1 aliphatic rings. The number of likely N-dealkylation sites (tertiary alicyclic amines) is 1. The Hall–Kier alpha value is -3.03. The van der Waals surface area contributed by atoms with E-state index in [9.17, 15) is 4.79 Å². The normalized spacial score (nSPS) is 16.6. The number of methoxy groups -OCH3 is 3. The monoisotopic (exact) mass is 373 g/mol. The molecule has 1 aromatic carbocycles. The molecule has 0 spiro atoms. The van der Waals surface area contributed by atoms with E-state index in [4.69, 9.17) is 18.9 Å². The topological polar surface area (TPSA) is 83.0 Å². The van der Waals surface area contributed by atoms with Gasteiger partial charge < -0.3 is 23.8 Å². The average molecular weight is 373 g/mol. The number of ether oxygens (including phenoxy) is 4. The molecule has 0 bridgehead atoms. The van der Waals surface area contributed by atoms with Crippen LogP contribution in [0.1, 0.15) is 23.2 Å². The molecule has 1 aromatic heterocycles. The van der Waals surface area contributed by atoms with Crippen LogP contribution in [0.5, 0.6) is 23.3 Å². The molecule has 0 saturated carbocycles. The molecule has 3 rings (SSSR count). The van der Waals surface area contributed by atoms with Gasteiger partial charge in [0.05, 0.1) is 33.4 Å². The molecule has 144 valence electrons. The summed E-state index contributed by atoms with van der Waals surface area (Å²) < 4.78 is 21.8. The average Bonchev–Trinajstić information content (AvgIpc) is 2.73. The molecule has 1 unspecified atom stereocenters. The van der Waals surface area contributed by atoms with Crippen molar-refractivity contribution in [2.75, 3.05) is 34.4 Å². The predicted molar refractivity (Wildman–Crippen MR) is 97.7 cm³/mol. The van der Waals surface area contributed by atoms with Crippen molar-refractivity contribution < 1.29 is 23.7 Å². The molecule has 0 aliphatic carbocycles. The number of piperidine rings is 1. The maximum Gasteiger partial charge on any atom is 0.278 e. The smallest absolute Gasteiger partial charge is 0.278 e. The Bertz CT molecular complexity index is 799. The molecule has 8 heteroatoms. The van der Waals surface area contributed by atoms with Gasteiger partial charge in [0.15, 0.2) is 11.5 Å².